The molecule has 0 amide bonds. The lowest BCUT2D eigenvalue weighted by molar-refractivity contribution is -0.0712. The van der Waals surface area contributed by atoms with Crippen molar-refractivity contribution in [2.45, 2.75) is 43.8 Å². The first-order valence-corrected chi connectivity index (χ1v) is 7.84. The maximum atomic E-state index is 10.2. The van der Waals surface area contributed by atoms with Crippen molar-refractivity contribution >= 4 is 0 Å². The van der Waals surface area contributed by atoms with E-state index in [0.717, 1.165) is 51.9 Å². The van der Waals surface area contributed by atoms with Crippen LogP contribution < -0.4 is 0 Å². The zero-order chi connectivity index (χ0) is 14.4. The summed E-state index contributed by atoms with van der Waals surface area (Å²) in [6.45, 7) is 5.23. The molecule has 2 aliphatic rings. The lowest BCUT2D eigenvalue weighted by Gasteiger charge is -2.35. The molecule has 1 aliphatic heterocycles. The molecule has 2 rings (SSSR count). The third kappa shape index (κ3) is 4.46. The van der Waals surface area contributed by atoms with Crippen molar-refractivity contribution in [3.63, 3.8) is 0 Å². The Kier molecular flexibility index (Phi) is 5.86. The van der Waals surface area contributed by atoms with Gasteiger partial charge in [-0.2, -0.15) is 0 Å². The SMILES string of the molecule is C#CC1(OC[C@@H](O)CN2CCN(C)CC2)CCCCC1. The molecule has 4 heteroatoms. The predicted molar refractivity (Wildman–Crippen MR) is 80.5 cm³/mol. The smallest absolute Gasteiger partial charge is 0.128 e. The van der Waals surface area contributed by atoms with Gasteiger partial charge in [-0.3, -0.25) is 4.90 Å². The van der Waals surface area contributed by atoms with Crippen LogP contribution in [-0.4, -0.2) is 73.0 Å². The summed E-state index contributed by atoms with van der Waals surface area (Å²) in [6, 6.07) is 0. The van der Waals surface area contributed by atoms with Crippen LogP contribution in [0.25, 0.3) is 0 Å². The van der Waals surface area contributed by atoms with Gasteiger partial charge >= 0.3 is 0 Å². The Morgan fingerprint density at radius 2 is 1.85 bits per heavy atom. The summed E-state index contributed by atoms with van der Waals surface area (Å²) in [7, 11) is 2.14. The Morgan fingerprint density at radius 3 is 2.45 bits per heavy atom. The molecule has 0 spiro atoms. The van der Waals surface area contributed by atoms with Gasteiger partial charge in [0, 0.05) is 32.7 Å². The topological polar surface area (TPSA) is 35.9 Å². The monoisotopic (exact) mass is 280 g/mol. The van der Waals surface area contributed by atoms with Crippen LogP contribution in [0.15, 0.2) is 0 Å². The zero-order valence-electron chi connectivity index (χ0n) is 12.7. The molecule has 0 aromatic carbocycles. The van der Waals surface area contributed by atoms with Gasteiger partial charge in [0.25, 0.3) is 0 Å². The van der Waals surface area contributed by atoms with Crippen molar-refractivity contribution in [1.82, 2.24) is 9.80 Å². The van der Waals surface area contributed by atoms with Crippen LogP contribution in [0.1, 0.15) is 32.1 Å². The minimum atomic E-state index is -0.439. The first-order valence-electron chi connectivity index (χ1n) is 7.84. The van der Waals surface area contributed by atoms with Crippen LogP contribution in [0.3, 0.4) is 0 Å². The molecule has 1 heterocycles. The molecule has 1 saturated heterocycles. The van der Waals surface area contributed by atoms with Gasteiger partial charge in [0.15, 0.2) is 0 Å². The highest BCUT2D eigenvalue weighted by atomic mass is 16.5. The number of piperazine rings is 1. The highest BCUT2D eigenvalue weighted by Crippen LogP contribution is 2.31. The van der Waals surface area contributed by atoms with E-state index in [2.05, 4.69) is 22.8 Å². The summed E-state index contributed by atoms with van der Waals surface area (Å²) in [5, 5.41) is 10.2. The van der Waals surface area contributed by atoms with Crippen LogP contribution in [0.2, 0.25) is 0 Å². The molecule has 1 saturated carbocycles. The summed E-state index contributed by atoms with van der Waals surface area (Å²) < 4.78 is 5.92. The Morgan fingerprint density at radius 1 is 1.20 bits per heavy atom. The standard InChI is InChI=1S/C16H28N2O2/c1-3-16(7-5-4-6-8-16)20-14-15(19)13-18-11-9-17(2)10-12-18/h1,15,19H,4-14H2,2H3/t15-/m0/s1. The van der Waals surface area contributed by atoms with E-state index in [0.29, 0.717) is 13.2 Å². The fourth-order valence-electron chi connectivity index (χ4n) is 3.09. The van der Waals surface area contributed by atoms with Gasteiger partial charge in [-0.05, 0) is 32.7 Å². The molecule has 1 aliphatic carbocycles. The zero-order valence-corrected chi connectivity index (χ0v) is 12.7. The molecular weight excluding hydrogens is 252 g/mol. The third-order valence-corrected chi connectivity index (χ3v) is 4.54. The molecule has 1 N–H and O–H groups in total. The molecule has 0 radical (unpaired) electrons. The van der Waals surface area contributed by atoms with E-state index in [1.165, 1.54) is 6.42 Å². The van der Waals surface area contributed by atoms with Gasteiger partial charge in [0.2, 0.25) is 0 Å². The fourth-order valence-corrected chi connectivity index (χ4v) is 3.09. The summed E-state index contributed by atoms with van der Waals surface area (Å²) in [4.78, 5) is 4.62. The number of terminal acetylenes is 1. The van der Waals surface area contributed by atoms with Gasteiger partial charge in [0.05, 0.1) is 12.7 Å². The Hall–Kier alpha value is -0.600. The quantitative estimate of drug-likeness (QED) is 0.761. The second-order valence-corrected chi connectivity index (χ2v) is 6.27. The van der Waals surface area contributed by atoms with Gasteiger partial charge in [0.1, 0.15) is 5.60 Å². The normalized spacial score (nSPS) is 26.1. The second-order valence-electron chi connectivity index (χ2n) is 6.27. The average molecular weight is 280 g/mol. The molecule has 0 bridgehead atoms. The van der Waals surface area contributed by atoms with Crippen LogP contribution in [-0.2, 0) is 4.74 Å². The largest absolute Gasteiger partial charge is 0.389 e. The number of hydrogen-bond donors (Lipinski definition) is 1. The molecule has 114 valence electrons. The molecule has 1 atom stereocenters. The fraction of sp³-hybridized carbons (Fsp3) is 0.875. The number of aliphatic hydroxyl groups is 1. The number of nitrogens with zero attached hydrogens (tertiary/aromatic N) is 2. The van der Waals surface area contributed by atoms with Crippen molar-refractivity contribution in [2.24, 2.45) is 0 Å². The Labute approximate surface area is 123 Å². The number of hydrogen-bond acceptors (Lipinski definition) is 4. The lowest BCUT2D eigenvalue weighted by atomic mass is 9.85. The summed E-state index contributed by atoms with van der Waals surface area (Å²) in [5.74, 6) is 2.83. The summed E-state index contributed by atoms with van der Waals surface area (Å²) in [5.41, 5.74) is -0.415. The summed E-state index contributed by atoms with van der Waals surface area (Å²) in [6.07, 6.45) is 10.6. The molecule has 0 unspecified atom stereocenters. The van der Waals surface area contributed by atoms with E-state index in [-0.39, 0.29) is 0 Å². The van der Waals surface area contributed by atoms with E-state index in [1.54, 1.807) is 0 Å². The van der Waals surface area contributed by atoms with Crippen molar-refractivity contribution in [3.05, 3.63) is 0 Å². The second kappa shape index (κ2) is 7.42. The van der Waals surface area contributed by atoms with E-state index in [1.807, 2.05) is 0 Å². The Bertz CT molecular complexity index is 326. The molecule has 20 heavy (non-hydrogen) atoms. The van der Waals surface area contributed by atoms with Gasteiger partial charge in [-0.15, -0.1) is 6.42 Å². The Balaban J connectivity index is 1.71. The van der Waals surface area contributed by atoms with E-state index >= 15 is 0 Å². The van der Waals surface area contributed by atoms with Crippen LogP contribution in [0, 0.1) is 12.3 Å². The van der Waals surface area contributed by atoms with Gasteiger partial charge in [-0.1, -0.05) is 12.3 Å². The van der Waals surface area contributed by atoms with Crippen molar-refractivity contribution in [2.75, 3.05) is 46.4 Å². The molecule has 4 nitrogen and oxygen atoms in total. The van der Waals surface area contributed by atoms with Crippen molar-refractivity contribution in [3.8, 4) is 12.3 Å². The highest BCUT2D eigenvalue weighted by Gasteiger charge is 2.31. The molecule has 0 aromatic heterocycles. The number of aliphatic hydroxyl groups excluding tert-OH is 1. The highest BCUT2D eigenvalue weighted by molar-refractivity contribution is 5.09. The predicted octanol–water partition coefficient (Wildman–Crippen LogP) is 0.947. The number of likely N-dealkylation sites (N-methyl/N-ethyl adjacent to an activating group) is 1. The molecule has 0 aromatic rings. The maximum absolute atomic E-state index is 10.2. The number of β-amino-alcohol motifs (C(OH)–C–C–N with tert-alkyl or cyclic N) is 1. The van der Waals surface area contributed by atoms with E-state index < -0.39 is 11.7 Å². The van der Waals surface area contributed by atoms with Crippen LogP contribution in [0.4, 0.5) is 0 Å². The minimum absolute atomic E-state index is 0.358. The maximum Gasteiger partial charge on any atom is 0.128 e. The van der Waals surface area contributed by atoms with E-state index in [9.17, 15) is 5.11 Å². The van der Waals surface area contributed by atoms with Crippen molar-refractivity contribution in [1.29, 1.82) is 0 Å². The number of ether oxygens (including phenoxy) is 1. The third-order valence-electron chi connectivity index (χ3n) is 4.54. The molecular formula is C16H28N2O2. The molecule has 2 fully saturated rings. The van der Waals surface area contributed by atoms with Crippen molar-refractivity contribution < 1.29 is 9.84 Å². The number of rotatable bonds is 5. The first-order chi connectivity index (χ1) is 9.63. The van der Waals surface area contributed by atoms with E-state index in [4.69, 9.17) is 11.2 Å². The first kappa shape index (κ1) is 15.8. The van der Waals surface area contributed by atoms with Gasteiger partial charge in [-0.25, -0.2) is 0 Å². The van der Waals surface area contributed by atoms with Crippen LogP contribution in [0.5, 0.6) is 0 Å². The summed E-state index contributed by atoms with van der Waals surface area (Å²) >= 11 is 0. The van der Waals surface area contributed by atoms with Crippen LogP contribution >= 0.6 is 0 Å². The lowest BCUT2D eigenvalue weighted by Crippen LogP contribution is -2.48. The minimum Gasteiger partial charge on any atom is -0.389 e. The van der Waals surface area contributed by atoms with Gasteiger partial charge < -0.3 is 14.7 Å². The average Bonchev–Trinajstić information content (AvgIpc) is 2.49.